The first kappa shape index (κ1) is 26.8. The van der Waals surface area contributed by atoms with Crippen LogP contribution < -0.4 is 10.2 Å². The van der Waals surface area contributed by atoms with E-state index in [0.717, 1.165) is 0 Å². The number of hydrogen-bond acceptors (Lipinski definition) is 7. The van der Waals surface area contributed by atoms with E-state index in [1.54, 1.807) is 35.2 Å². The molecule has 0 aliphatic carbocycles. The summed E-state index contributed by atoms with van der Waals surface area (Å²) in [7, 11) is 0. The third-order valence-electron chi connectivity index (χ3n) is 6.05. The average molecular weight is 554 g/mol. The Balaban J connectivity index is 1.35. The Bertz CT molecular complexity index is 1100. The molecule has 3 heterocycles. The van der Waals surface area contributed by atoms with Crippen molar-refractivity contribution in [3.05, 3.63) is 40.5 Å². The molecule has 3 unspecified atom stereocenters. The lowest BCUT2D eigenvalue weighted by Gasteiger charge is -2.40. The van der Waals surface area contributed by atoms with Crippen LogP contribution in [0.2, 0.25) is 10.2 Å². The van der Waals surface area contributed by atoms with Gasteiger partial charge in [0.05, 0.1) is 18.0 Å². The molecule has 0 spiro atoms. The molecular weight excluding hydrogens is 523 g/mol. The third-order valence-corrected chi connectivity index (χ3v) is 7.31. The molecule has 1 N–H and O–H groups in total. The van der Waals surface area contributed by atoms with Gasteiger partial charge >= 0.3 is 6.03 Å². The van der Waals surface area contributed by atoms with Gasteiger partial charge in [-0.1, -0.05) is 41.0 Å². The van der Waals surface area contributed by atoms with Crippen molar-refractivity contribution in [3.63, 3.8) is 0 Å². The maximum Gasteiger partial charge on any atom is 0.322 e. The number of halogens is 2. The molecule has 36 heavy (non-hydrogen) atoms. The molecule has 2 fully saturated rings. The molecule has 1 aromatic heterocycles. The van der Waals surface area contributed by atoms with Gasteiger partial charge in [-0.05, 0) is 39.0 Å². The van der Waals surface area contributed by atoms with E-state index in [4.69, 9.17) is 27.9 Å². The highest BCUT2D eigenvalue weighted by Crippen LogP contribution is 2.25. The number of rotatable bonds is 5. The summed E-state index contributed by atoms with van der Waals surface area (Å²) in [6, 6.07) is 8.56. The van der Waals surface area contributed by atoms with Gasteiger partial charge in [0.25, 0.3) is 0 Å². The topological polar surface area (TPSA) is 90.9 Å². The summed E-state index contributed by atoms with van der Waals surface area (Å²) in [6.45, 7) is 8.79. The molecular formula is C24H30Cl2N6O3S. The fraction of sp³-hybridized carbons (Fsp3) is 0.500. The van der Waals surface area contributed by atoms with Crippen LogP contribution in [-0.2, 0) is 9.53 Å². The van der Waals surface area contributed by atoms with E-state index in [0.29, 0.717) is 59.6 Å². The Hall–Kier alpha value is -2.27. The second-order valence-corrected chi connectivity index (χ2v) is 10.9. The summed E-state index contributed by atoms with van der Waals surface area (Å²) in [5, 5.41) is 4.24. The van der Waals surface area contributed by atoms with Gasteiger partial charge < -0.3 is 24.8 Å². The van der Waals surface area contributed by atoms with E-state index < -0.39 is 0 Å². The molecule has 4 rings (SSSR count). The summed E-state index contributed by atoms with van der Waals surface area (Å²) in [5.74, 6) is 0.938. The fourth-order valence-electron chi connectivity index (χ4n) is 4.44. The quantitative estimate of drug-likeness (QED) is 0.336. The van der Waals surface area contributed by atoms with Crippen LogP contribution in [0.15, 0.2) is 35.5 Å². The van der Waals surface area contributed by atoms with Crippen LogP contribution in [-0.4, -0.2) is 88.4 Å². The lowest BCUT2D eigenvalue weighted by atomic mass is 10.2. The van der Waals surface area contributed by atoms with Crippen LogP contribution in [0.3, 0.4) is 0 Å². The zero-order valence-electron chi connectivity index (χ0n) is 20.5. The lowest BCUT2D eigenvalue weighted by molar-refractivity contribution is -0.140. The minimum absolute atomic E-state index is 0.0185. The van der Waals surface area contributed by atoms with Crippen molar-refractivity contribution in [2.45, 2.75) is 44.2 Å². The Morgan fingerprint density at radius 2 is 1.83 bits per heavy atom. The van der Waals surface area contributed by atoms with Crippen LogP contribution in [0.25, 0.3) is 0 Å². The molecule has 194 valence electrons. The van der Waals surface area contributed by atoms with E-state index in [9.17, 15) is 9.59 Å². The summed E-state index contributed by atoms with van der Waals surface area (Å²) in [6.07, 6.45) is 0.0370. The molecule has 0 radical (unpaired) electrons. The maximum absolute atomic E-state index is 12.8. The SMILES string of the molecule is CC1CN(C(=O)CSc2nc(Cl)cc(N3CCN(C(=O)Nc4cccc(Cl)c4)C(C)C3)n2)CC(C)O1. The van der Waals surface area contributed by atoms with Crippen LogP contribution >= 0.6 is 35.0 Å². The molecule has 3 atom stereocenters. The average Bonchev–Trinajstić information content (AvgIpc) is 2.81. The number of thioether (sulfide) groups is 1. The molecule has 9 nitrogen and oxygen atoms in total. The van der Waals surface area contributed by atoms with Crippen molar-refractivity contribution in [2.75, 3.05) is 48.7 Å². The number of urea groups is 1. The van der Waals surface area contributed by atoms with E-state index in [-0.39, 0.29) is 35.9 Å². The number of ether oxygens (including phenoxy) is 1. The summed E-state index contributed by atoms with van der Waals surface area (Å²) < 4.78 is 5.71. The highest BCUT2D eigenvalue weighted by Gasteiger charge is 2.29. The van der Waals surface area contributed by atoms with E-state index in [2.05, 4.69) is 20.2 Å². The molecule has 2 aliphatic heterocycles. The normalized spacial score (nSPS) is 22.5. The number of morpholine rings is 1. The first-order valence-corrected chi connectivity index (χ1v) is 13.6. The summed E-state index contributed by atoms with van der Waals surface area (Å²) >= 11 is 13.6. The van der Waals surface area contributed by atoms with Gasteiger partial charge in [0.15, 0.2) is 5.16 Å². The van der Waals surface area contributed by atoms with Crippen LogP contribution in [0.4, 0.5) is 16.3 Å². The zero-order chi connectivity index (χ0) is 25.8. The van der Waals surface area contributed by atoms with Crippen LogP contribution in [0.5, 0.6) is 0 Å². The zero-order valence-corrected chi connectivity index (χ0v) is 22.8. The molecule has 12 heteroatoms. The molecule has 0 saturated carbocycles. The highest BCUT2D eigenvalue weighted by atomic mass is 35.5. The molecule has 2 aliphatic rings. The number of nitrogens with zero attached hydrogens (tertiary/aromatic N) is 5. The number of anilines is 2. The highest BCUT2D eigenvalue weighted by molar-refractivity contribution is 7.99. The van der Waals surface area contributed by atoms with Gasteiger partial charge in [0.2, 0.25) is 5.91 Å². The number of nitrogens with one attached hydrogen (secondary N) is 1. The van der Waals surface area contributed by atoms with Crippen molar-refractivity contribution in [2.24, 2.45) is 0 Å². The molecule has 2 saturated heterocycles. The molecule has 2 aromatic rings. The monoisotopic (exact) mass is 552 g/mol. The predicted octanol–water partition coefficient (Wildman–Crippen LogP) is 4.25. The molecule has 1 aromatic carbocycles. The van der Waals surface area contributed by atoms with Crippen LogP contribution in [0, 0.1) is 0 Å². The smallest absolute Gasteiger partial charge is 0.322 e. The van der Waals surface area contributed by atoms with Gasteiger partial charge in [-0.25, -0.2) is 14.8 Å². The van der Waals surface area contributed by atoms with E-state index in [1.807, 2.05) is 25.7 Å². The standard InChI is InChI=1S/C24H30Cl2N6O3S/c1-15-11-30(7-8-32(15)24(34)27-19-6-4-5-18(25)9-19)21-10-20(26)28-23(29-21)36-14-22(33)31-12-16(2)35-17(3)13-31/h4-6,9-10,15-17H,7-8,11-14H2,1-3H3,(H,27,34). The lowest BCUT2D eigenvalue weighted by Crippen LogP contribution is -2.55. The number of amides is 3. The number of benzene rings is 1. The number of hydrogen-bond donors (Lipinski definition) is 1. The summed E-state index contributed by atoms with van der Waals surface area (Å²) in [4.78, 5) is 40.2. The first-order chi connectivity index (χ1) is 17.2. The predicted molar refractivity (Wildman–Crippen MR) is 143 cm³/mol. The van der Waals surface area contributed by atoms with Gasteiger partial charge in [-0.3, -0.25) is 4.79 Å². The van der Waals surface area contributed by atoms with E-state index >= 15 is 0 Å². The number of carbonyl (C=O) groups is 2. The number of carbonyl (C=O) groups excluding carboxylic acids is 2. The Morgan fingerprint density at radius 3 is 2.53 bits per heavy atom. The minimum Gasteiger partial charge on any atom is -0.372 e. The van der Waals surface area contributed by atoms with E-state index in [1.165, 1.54) is 11.8 Å². The largest absolute Gasteiger partial charge is 0.372 e. The van der Waals surface area contributed by atoms with Gasteiger partial charge in [0.1, 0.15) is 11.0 Å². The van der Waals surface area contributed by atoms with Gasteiger partial charge in [-0.2, -0.15) is 0 Å². The molecule has 0 bridgehead atoms. The Morgan fingerprint density at radius 1 is 1.08 bits per heavy atom. The van der Waals surface area contributed by atoms with Crippen molar-refractivity contribution in [3.8, 4) is 0 Å². The van der Waals surface area contributed by atoms with Crippen LogP contribution in [0.1, 0.15) is 20.8 Å². The minimum atomic E-state index is -0.174. The second-order valence-electron chi connectivity index (χ2n) is 9.11. The van der Waals surface area contributed by atoms with Crippen molar-refractivity contribution >= 4 is 58.4 Å². The Labute approximate surface area is 225 Å². The van der Waals surface area contributed by atoms with Crippen molar-refractivity contribution in [1.82, 2.24) is 19.8 Å². The number of aromatic nitrogens is 2. The number of piperazine rings is 1. The fourth-order valence-corrected chi connectivity index (χ4v) is 5.61. The summed E-state index contributed by atoms with van der Waals surface area (Å²) in [5.41, 5.74) is 0.655. The molecule has 3 amide bonds. The van der Waals surface area contributed by atoms with Crippen molar-refractivity contribution < 1.29 is 14.3 Å². The second kappa shape index (κ2) is 11.9. The van der Waals surface area contributed by atoms with Gasteiger partial charge in [0, 0.05) is 55.5 Å². The van der Waals surface area contributed by atoms with Crippen molar-refractivity contribution in [1.29, 1.82) is 0 Å². The first-order valence-electron chi connectivity index (χ1n) is 11.9. The maximum atomic E-state index is 12.8. The third kappa shape index (κ3) is 6.94. The van der Waals surface area contributed by atoms with Gasteiger partial charge in [-0.15, -0.1) is 0 Å². The Kier molecular flexibility index (Phi) is 8.82.